The zero-order chi connectivity index (χ0) is 13.0. The highest BCUT2D eigenvalue weighted by Crippen LogP contribution is 2.14. The van der Waals surface area contributed by atoms with Crippen molar-refractivity contribution < 1.29 is 4.79 Å². The second-order valence-electron chi connectivity index (χ2n) is 4.20. The van der Waals surface area contributed by atoms with Gasteiger partial charge in [0.1, 0.15) is 0 Å². The SMILES string of the molecule is CN(C)c1ccc(C(=O)/C=C/c2ccsc2)cc1. The standard InChI is InChI=1S/C15H15NOS/c1-16(2)14-6-4-13(5-7-14)15(17)8-3-12-9-10-18-11-12/h3-11H,1-2H3/b8-3+. The number of nitrogens with zero attached hydrogens (tertiary/aromatic N) is 1. The van der Waals surface area contributed by atoms with Crippen molar-refractivity contribution >= 4 is 28.9 Å². The zero-order valence-corrected chi connectivity index (χ0v) is 11.3. The summed E-state index contributed by atoms with van der Waals surface area (Å²) in [4.78, 5) is 13.9. The van der Waals surface area contributed by atoms with E-state index in [2.05, 4.69) is 0 Å². The van der Waals surface area contributed by atoms with Crippen LogP contribution in [0.15, 0.2) is 47.2 Å². The molecule has 1 aromatic heterocycles. The minimum Gasteiger partial charge on any atom is -0.378 e. The number of carbonyl (C=O) groups excluding carboxylic acids is 1. The van der Waals surface area contributed by atoms with Gasteiger partial charge in [-0.1, -0.05) is 6.08 Å². The van der Waals surface area contributed by atoms with Gasteiger partial charge < -0.3 is 4.90 Å². The molecule has 2 aromatic rings. The summed E-state index contributed by atoms with van der Waals surface area (Å²) < 4.78 is 0. The third-order valence-electron chi connectivity index (χ3n) is 2.64. The van der Waals surface area contributed by atoms with Crippen LogP contribution in [0.2, 0.25) is 0 Å². The fourth-order valence-electron chi connectivity index (χ4n) is 1.56. The second kappa shape index (κ2) is 5.65. The molecule has 1 heterocycles. The van der Waals surface area contributed by atoms with E-state index >= 15 is 0 Å². The Morgan fingerprint density at radius 1 is 1.17 bits per heavy atom. The van der Waals surface area contributed by atoms with Crippen molar-refractivity contribution in [2.45, 2.75) is 0 Å². The fraction of sp³-hybridized carbons (Fsp3) is 0.133. The van der Waals surface area contributed by atoms with Gasteiger partial charge in [0.15, 0.2) is 5.78 Å². The Morgan fingerprint density at radius 3 is 2.44 bits per heavy atom. The molecule has 0 aliphatic heterocycles. The van der Waals surface area contributed by atoms with Gasteiger partial charge in [-0.25, -0.2) is 0 Å². The predicted octanol–water partition coefficient (Wildman–Crippen LogP) is 3.71. The molecule has 92 valence electrons. The highest BCUT2D eigenvalue weighted by atomic mass is 32.1. The maximum atomic E-state index is 11.9. The molecule has 1 aromatic carbocycles. The van der Waals surface area contributed by atoms with Crippen LogP contribution in [0.1, 0.15) is 15.9 Å². The Balaban J connectivity index is 2.09. The molecule has 2 nitrogen and oxygen atoms in total. The van der Waals surface area contributed by atoms with Crippen molar-refractivity contribution in [2.75, 3.05) is 19.0 Å². The minimum absolute atomic E-state index is 0.0338. The average Bonchev–Trinajstić information content (AvgIpc) is 2.89. The first-order chi connectivity index (χ1) is 8.66. The van der Waals surface area contributed by atoms with E-state index < -0.39 is 0 Å². The molecule has 18 heavy (non-hydrogen) atoms. The van der Waals surface area contributed by atoms with E-state index in [4.69, 9.17) is 0 Å². The predicted molar refractivity (Wildman–Crippen MR) is 78.5 cm³/mol. The normalized spacial score (nSPS) is 10.8. The number of benzene rings is 1. The smallest absolute Gasteiger partial charge is 0.185 e. The lowest BCUT2D eigenvalue weighted by molar-refractivity contribution is 0.104. The molecule has 0 aliphatic rings. The van der Waals surface area contributed by atoms with Crippen LogP contribution in [0.25, 0.3) is 6.08 Å². The van der Waals surface area contributed by atoms with Crippen molar-refractivity contribution in [1.82, 2.24) is 0 Å². The van der Waals surface area contributed by atoms with E-state index in [0.29, 0.717) is 5.56 Å². The summed E-state index contributed by atoms with van der Waals surface area (Å²) in [5.41, 5.74) is 2.87. The van der Waals surface area contributed by atoms with E-state index in [9.17, 15) is 4.79 Å². The molecule has 0 amide bonds. The van der Waals surface area contributed by atoms with Crippen molar-refractivity contribution in [3.8, 4) is 0 Å². The van der Waals surface area contributed by atoms with Crippen LogP contribution in [0.5, 0.6) is 0 Å². The molecular weight excluding hydrogens is 242 g/mol. The Kier molecular flexibility index (Phi) is 3.95. The quantitative estimate of drug-likeness (QED) is 0.614. The molecule has 0 unspecified atom stereocenters. The maximum Gasteiger partial charge on any atom is 0.185 e. The number of rotatable bonds is 4. The molecule has 0 fully saturated rings. The van der Waals surface area contributed by atoms with Gasteiger partial charge in [-0.3, -0.25) is 4.79 Å². The molecule has 0 radical (unpaired) electrons. The zero-order valence-electron chi connectivity index (χ0n) is 10.5. The maximum absolute atomic E-state index is 11.9. The molecule has 0 N–H and O–H groups in total. The molecule has 0 bridgehead atoms. The molecule has 0 saturated heterocycles. The molecule has 0 atom stereocenters. The molecule has 2 rings (SSSR count). The van der Waals surface area contributed by atoms with Gasteiger partial charge in [-0.15, -0.1) is 0 Å². The van der Waals surface area contributed by atoms with Crippen LogP contribution in [0, 0.1) is 0 Å². The van der Waals surface area contributed by atoms with Gasteiger partial charge in [-0.2, -0.15) is 11.3 Å². The average molecular weight is 257 g/mol. The van der Waals surface area contributed by atoms with Crippen LogP contribution >= 0.6 is 11.3 Å². The Labute approximate surface area is 111 Å². The van der Waals surface area contributed by atoms with Gasteiger partial charge in [0.05, 0.1) is 0 Å². The molecule has 3 heteroatoms. The number of thiophene rings is 1. The molecular formula is C15H15NOS. The van der Waals surface area contributed by atoms with E-state index in [1.165, 1.54) is 0 Å². The summed E-state index contributed by atoms with van der Waals surface area (Å²) in [6.07, 6.45) is 3.46. The highest BCUT2D eigenvalue weighted by Gasteiger charge is 2.02. The minimum atomic E-state index is 0.0338. The Bertz CT molecular complexity index is 538. The van der Waals surface area contributed by atoms with E-state index in [-0.39, 0.29) is 5.78 Å². The summed E-state index contributed by atoms with van der Waals surface area (Å²) in [6, 6.07) is 9.60. The van der Waals surface area contributed by atoms with Gasteiger partial charge in [0.2, 0.25) is 0 Å². The van der Waals surface area contributed by atoms with Crippen molar-refractivity contribution in [3.05, 3.63) is 58.3 Å². The van der Waals surface area contributed by atoms with Gasteiger partial charge in [0, 0.05) is 25.3 Å². The summed E-state index contributed by atoms with van der Waals surface area (Å²) in [6.45, 7) is 0. The van der Waals surface area contributed by atoms with Crippen molar-refractivity contribution in [3.63, 3.8) is 0 Å². The summed E-state index contributed by atoms with van der Waals surface area (Å²) in [5, 5.41) is 4.01. The highest BCUT2D eigenvalue weighted by molar-refractivity contribution is 7.08. The molecule has 0 saturated carbocycles. The lowest BCUT2D eigenvalue weighted by atomic mass is 10.1. The fourth-order valence-corrected chi connectivity index (χ4v) is 2.19. The van der Waals surface area contributed by atoms with Gasteiger partial charge in [-0.05, 0) is 52.7 Å². The van der Waals surface area contributed by atoms with Crippen LogP contribution < -0.4 is 4.90 Å². The van der Waals surface area contributed by atoms with E-state index in [0.717, 1.165) is 11.3 Å². The van der Waals surface area contributed by atoms with Crippen molar-refractivity contribution in [2.24, 2.45) is 0 Å². The van der Waals surface area contributed by atoms with Crippen LogP contribution in [0.4, 0.5) is 5.69 Å². The monoisotopic (exact) mass is 257 g/mol. The summed E-state index contributed by atoms with van der Waals surface area (Å²) in [5.74, 6) is 0.0338. The Hall–Kier alpha value is -1.87. The van der Waals surface area contributed by atoms with Gasteiger partial charge in [0.25, 0.3) is 0 Å². The first-order valence-corrected chi connectivity index (χ1v) is 6.63. The lowest BCUT2D eigenvalue weighted by Crippen LogP contribution is -2.08. The van der Waals surface area contributed by atoms with Gasteiger partial charge >= 0.3 is 0 Å². The summed E-state index contributed by atoms with van der Waals surface area (Å²) in [7, 11) is 3.96. The first kappa shape index (κ1) is 12.6. The number of hydrogen-bond donors (Lipinski definition) is 0. The third-order valence-corrected chi connectivity index (χ3v) is 3.34. The number of ketones is 1. The largest absolute Gasteiger partial charge is 0.378 e. The second-order valence-corrected chi connectivity index (χ2v) is 4.98. The summed E-state index contributed by atoms with van der Waals surface area (Å²) >= 11 is 1.62. The van der Waals surface area contributed by atoms with Crippen LogP contribution in [-0.2, 0) is 0 Å². The third kappa shape index (κ3) is 3.08. The number of anilines is 1. The molecule has 0 spiro atoms. The number of hydrogen-bond acceptors (Lipinski definition) is 3. The number of allylic oxidation sites excluding steroid dienone is 1. The lowest BCUT2D eigenvalue weighted by Gasteiger charge is -2.11. The van der Waals surface area contributed by atoms with Crippen molar-refractivity contribution in [1.29, 1.82) is 0 Å². The first-order valence-electron chi connectivity index (χ1n) is 5.69. The van der Waals surface area contributed by atoms with E-state index in [1.807, 2.05) is 66.2 Å². The molecule has 0 aliphatic carbocycles. The topological polar surface area (TPSA) is 20.3 Å². The Morgan fingerprint density at radius 2 is 1.89 bits per heavy atom. The van der Waals surface area contributed by atoms with Crippen LogP contribution in [0.3, 0.4) is 0 Å². The number of carbonyl (C=O) groups is 1. The van der Waals surface area contributed by atoms with Crippen LogP contribution in [-0.4, -0.2) is 19.9 Å². The van der Waals surface area contributed by atoms with E-state index in [1.54, 1.807) is 17.4 Å².